The lowest BCUT2D eigenvalue weighted by molar-refractivity contribution is 0.305. The second-order valence-electron chi connectivity index (χ2n) is 4.11. The van der Waals surface area contributed by atoms with Gasteiger partial charge in [0.05, 0.1) is 18.7 Å². The zero-order valence-corrected chi connectivity index (χ0v) is 10.7. The summed E-state index contributed by atoms with van der Waals surface area (Å²) in [7, 11) is 0. The highest BCUT2D eigenvalue weighted by atomic mass is 19.1. The molecule has 0 saturated heterocycles. The van der Waals surface area contributed by atoms with Crippen LogP contribution in [0.1, 0.15) is 17.5 Å². The van der Waals surface area contributed by atoms with Gasteiger partial charge in [-0.05, 0) is 23.8 Å². The minimum absolute atomic E-state index is 0.0579. The summed E-state index contributed by atoms with van der Waals surface area (Å²) < 4.78 is 14.9. The van der Waals surface area contributed by atoms with Crippen LogP contribution in [0.2, 0.25) is 0 Å². The molecule has 1 aromatic carbocycles. The Morgan fingerprint density at radius 3 is 2.95 bits per heavy atom. The van der Waals surface area contributed by atoms with Crippen molar-refractivity contribution in [3.05, 3.63) is 63.8 Å². The maximum Gasteiger partial charge on any atom is 0.267 e. The van der Waals surface area contributed by atoms with Gasteiger partial charge in [-0.2, -0.15) is 5.10 Å². The Balaban J connectivity index is 2.26. The molecule has 20 heavy (non-hydrogen) atoms. The Bertz CT molecular complexity index is 714. The van der Waals surface area contributed by atoms with Crippen molar-refractivity contribution in [1.29, 1.82) is 0 Å². The van der Waals surface area contributed by atoms with Gasteiger partial charge in [0.25, 0.3) is 5.56 Å². The van der Waals surface area contributed by atoms with E-state index in [0.717, 1.165) is 5.56 Å². The largest absolute Gasteiger partial charge is 0.395 e. The van der Waals surface area contributed by atoms with E-state index in [0.29, 0.717) is 6.42 Å². The molecule has 0 aliphatic rings. The number of rotatable bonds is 3. The SMILES string of the molecule is O=c1cccnn1Cc1ccc(F)c(C#CCCO)c1. The van der Waals surface area contributed by atoms with E-state index in [9.17, 15) is 9.18 Å². The van der Waals surface area contributed by atoms with Gasteiger partial charge >= 0.3 is 0 Å². The van der Waals surface area contributed by atoms with Crippen molar-refractivity contribution in [2.45, 2.75) is 13.0 Å². The summed E-state index contributed by atoms with van der Waals surface area (Å²) in [4.78, 5) is 11.6. The Labute approximate surface area is 115 Å². The third kappa shape index (κ3) is 3.53. The Kier molecular flexibility index (Phi) is 4.64. The van der Waals surface area contributed by atoms with E-state index < -0.39 is 5.82 Å². The number of hydrogen-bond donors (Lipinski definition) is 1. The van der Waals surface area contributed by atoms with Gasteiger partial charge in [-0.25, -0.2) is 9.07 Å². The summed E-state index contributed by atoms with van der Waals surface area (Å²) in [6, 6.07) is 7.47. The van der Waals surface area contributed by atoms with Gasteiger partial charge in [0.15, 0.2) is 0 Å². The number of nitrogens with zero attached hydrogens (tertiary/aromatic N) is 2. The third-order valence-electron chi connectivity index (χ3n) is 2.61. The third-order valence-corrected chi connectivity index (χ3v) is 2.61. The zero-order valence-electron chi connectivity index (χ0n) is 10.7. The van der Waals surface area contributed by atoms with Gasteiger partial charge < -0.3 is 5.11 Å². The first-order valence-electron chi connectivity index (χ1n) is 6.11. The maximum atomic E-state index is 13.6. The lowest BCUT2D eigenvalue weighted by Crippen LogP contribution is -2.21. The van der Waals surface area contributed by atoms with Gasteiger partial charge in [-0.1, -0.05) is 17.9 Å². The van der Waals surface area contributed by atoms with E-state index in [-0.39, 0.29) is 24.3 Å². The summed E-state index contributed by atoms with van der Waals surface area (Å²) in [6.07, 6.45) is 1.82. The molecule has 1 heterocycles. The van der Waals surface area contributed by atoms with Crippen molar-refractivity contribution in [1.82, 2.24) is 9.78 Å². The molecule has 0 unspecified atom stereocenters. The normalized spacial score (nSPS) is 9.90. The van der Waals surface area contributed by atoms with Crippen molar-refractivity contribution in [3.8, 4) is 11.8 Å². The maximum absolute atomic E-state index is 13.6. The summed E-state index contributed by atoms with van der Waals surface area (Å²) in [5.74, 6) is 4.91. The Hall–Kier alpha value is -2.45. The highest BCUT2D eigenvalue weighted by Crippen LogP contribution is 2.10. The minimum Gasteiger partial charge on any atom is -0.395 e. The molecule has 0 radical (unpaired) electrons. The van der Waals surface area contributed by atoms with E-state index in [1.807, 2.05) is 0 Å². The first-order chi connectivity index (χ1) is 9.70. The predicted molar refractivity (Wildman–Crippen MR) is 72.6 cm³/mol. The molecule has 0 bridgehead atoms. The monoisotopic (exact) mass is 272 g/mol. The molecule has 2 rings (SSSR count). The van der Waals surface area contributed by atoms with Crippen LogP contribution in [-0.4, -0.2) is 21.5 Å². The molecule has 1 aromatic heterocycles. The van der Waals surface area contributed by atoms with Crippen LogP contribution in [0.5, 0.6) is 0 Å². The molecule has 0 atom stereocenters. The standard InChI is InChI=1S/C15H13FN2O2/c16-14-7-6-12(10-13(14)4-1-2-9-19)11-18-15(20)5-3-8-17-18/h3,5-8,10,19H,2,9,11H2. The van der Waals surface area contributed by atoms with Gasteiger partial charge in [0.1, 0.15) is 5.82 Å². The molecule has 0 fully saturated rings. The molecular weight excluding hydrogens is 259 g/mol. The lowest BCUT2D eigenvalue weighted by Gasteiger charge is -2.05. The van der Waals surface area contributed by atoms with Crippen LogP contribution in [-0.2, 0) is 6.54 Å². The van der Waals surface area contributed by atoms with Gasteiger partial charge in [0.2, 0.25) is 0 Å². The Morgan fingerprint density at radius 1 is 1.35 bits per heavy atom. The quantitative estimate of drug-likeness (QED) is 0.853. The summed E-state index contributed by atoms with van der Waals surface area (Å²) in [5.41, 5.74) is 0.769. The fourth-order valence-corrected chi connectivity index (χ4v) is 1.66. The van der Waals surface area contributed by atoms with Crippen molar-refractivity contribution in [2.75, 3.05) is 6.61 Å². The van der Waals surface area contributed by atoms with Crippen molar-refractivity contribution >= 4 is 0 Å². The number of aliphatic hydroxyl groups is 1. The highest BCUT2D eigenvalue weighted by molar-refractivity contribution is 5.38. The molecule has 0 spiro atoms. The number of halogens is 1. The van der Waals surface area contributed by atoms with Gasteiger partial charge in [0, 0.05) is 18.7 Å². The predicted octanol–water partition coefficient (Wildman–Crippen LogP) is 1.16. The van der Waals surface area contributed by atoms with E-state index in [1.54, 1.807) is 18.2 Å². The molecule has 4 nitrogen and oxygen atoms in total. The van der Waals surface area contributed by atoms with Crippen LogP contribution < -0.4 is 5.56 Å². The van der Waals surface area contributed by atoms with Crippen LogP contribution in [0, 0.1) is 17.7 Å². The van der Waals surface area contributed by atoms with Crippen molar-refractivity contribution in [3.63, 3.8) is 0 Å². The minimum atomic E-state index is -0.424. The second kappa shape index (κ2) is 6.64. The van der Waals surface area contributed by atoms with E-state index in [2.05, 4.69) is 16.9 Å². The molecule has 0 saturated carbocycles. The lowest BCUT2D eigenvalue weighted by atomic mass is 10.1. The highest BCUT2D eigenvalue weighted by Gasteiger charge is 2.03. The summed E-state index contributed by atoms with van der Waals surface area (Å²) in [5, 5.41) is 12.6. The smallest absolute Gasteiger partial charge is 0.267 e. The fraction of sp³-hybridized carbons (Fsp3) is 0.200. The molecule has 0 amide bonds. The molecule has 5 heteroatoms. The van der Waals surface area contributed by atoms with Crippen molar-refractivity contribution < 1.29 is 9.50 Å². The molecule has 1 N–H and O–H groups in total. The number of aromatic nitrogens is 2. The Morgan fingerprint density at radius 2 is 2.20 bits per heavy atom. The first-order valence-corrected chi connectivity index (χ1v) is 6.11. The van der Waals surface area contributed by atoms with Crippen LogP contribution in [0.15, 0.2) is 41.3 Å². The average Bonchev–Trinajstić information content (AvgIpc) is 2.45. The fourth-order valence-electron chi connectivity index (χ4n) is 1.66. The van der Waals surface area contributed by atoms with Crippen LogP contribution in [0.3, 0.4) is 0 Å². The van der Waals surface area contributed by atoms with Gasteiger partial charge in [-0.15, -0.1) is 0 Å². The molecule has 102 valence electrons. The second-order valence-corrected chi connectivity index (χ2v) is 4.11. The van der Waals surface area contributed by atoms with Gasteiger partial charge in [-0.3, -0.25) is 4.79 Å². The topological polar surface area (TPSA) is 55.1 Å². The average molecular weight is 272 g/mol. The molecule has 0 aliphatic carbocycles. The molecular formula is C15H13FN2O2. The molecule has 2 aromatic rings. The van der Waals surface area contributed by atoms with Crippen molar-refractivity contribution in [2.24, 2.45) is 0 Å². The van der Waals surface area contributed by atoms with Crippen LogP contribution >= 0.6 is 0 Å². The number of benzene rings is 1. The summed E-state index contributed by atoms with van der Waals surface area (Å²) in [6.45, 7) is 0.201. The molecule has 0 aliphatic heterocycles. The van der Waals surface area contributed by atoms with E-state index >= 15 is 0 Å². The van der Waals surface area contributed by atoms with Crippen LogP contribution in [0.25, 0.3) is 0 Å². The number of aliphatic hydroxyl groups excluding tert-OH is 1. The first kappa shape index (κ1) is 14.0. The summed E-state index contributed by atoms with van der Waals surface area (Å²) >= 11 is 0. The zero-order chi connectivity index (χ0) is 14.4. The van der Waals surface area contributed by atoms with Crippen LogP contribution in [0.4, 0.5) is 4.39 Å². The van der Waals surface area contributed by atoms with E-state index in [4.69, 9.17) is 5.11 Å². The number of hydrogen-bond acceptors (Lipinski definition) is 3. The van der Waals surface area contributed by atoms with E-state index in [1.165, 1.54) is 23.0 Å².